The summed E-state index contributed by atoms with van der Waals surface area (Å²) in [7, 11) is -3.47. The molecule has 9 nitrogen and oxygen atoms in total. The minimum Gasteiger partial charge on any atom is -0.459 e. The summed E-state index contributed by atoms with van der Waals surface area (Å²) in [5, 5.41) is 0. The molecule has 10 heteroatoms. The third-order valence-electron chi connectivity index (χ3n) is 5.64. The number of fused-ring (bicyclic) bond motifs is 1. The van der Waals surface area contributed by atoms with Gasteiger partial charge in [0.15, 0.2) is 0 Å². The third-order valence-corrected chi connectivity index (χ3v) is 6.23. The highest BCUT2D eigenvalue weighted by Gasteiger charge is 2.68. The van der Waals surface area contributed by atoms with Gasteiger partial charge in [-0.2, -0.15) is 8.42 Å². The molecule has 1 aromatic rings. The fraction of sp³-hybridized carbons (Fsp3) is 0.652. The lowest BCUT2D eigenvalue weighted by atomic mass is 10.0. The van der Waals surface area contributed by atoms with Crippen LogP contribution in [-0.4, -0.2) is 69.1 Å². The van der Waals surface area contributed by atoms with Crippen LogP contribution < -0.4 is 0 Å². The predicted molar refractivity (Wildman–Crippen MR) is 120 cm³/mol. The van der Waals surface area contributed by atoms with E-state index in [0.717, 1.165) is 11.8 Å². The minimum atomic E-state index is -3.47. The number of likely N-dealkylation sites (tertiary alicyclic amines) is 1. The van der Waals surface area contributed by atoms with Crippen molar-refractivity contribution < 1.29 is 36.4 Å². The van der Waals surface area contributed by atoms with Crippen molar-refractivity contribution in [1.29, 1.82) is 0 Å². The van der Waals surface area contributed by atoms with Crippen molar-refractivity contribution in [3.63, 3.8) is 0 Å². The SMILES string of the molecule is CC(C)(C)OC(=O)N1[C@H]2C[C@@]2(COCCCOS(C)(=O)=O)C[C@H]1C(=O)OCc1ccccc1. The second kappa shape index (κ2) is 9.99. The van der Waals surface area contributed by atoms with Gasteiger partial charge < -0.3 is 14.2 Å². The van der Waals surface area contributed by atoms with Crippen molar-refractivity contribution in [3.8, 4) is 0 Å². The van der Waals surface area contributed by atoms with Crippen molar-refractivity contribution in [2.45, 2.75) is 64.3 Å². The monoisotopic (exact) mass is 483 g/mol. The van der Waals surface area contributed by atoms with Crippen molar-refractivity contribution in [1.82, 2.24) is 4.90 Å². The molecule has 0 N–H and O–H groups in total. The van der Waals surface area contributed by atoms with Crippen LogP contribution in [0.15, 0.2) is 30.3 Å². The first kappa shape index (κ1) is 25.5. The zero-order chi connectivity index (χ0) is 24.3. The summed E-state index contributed by atoms with van der Waals surface area (Å²) in [4.78, 5) is 27.4. The summed E-state index contributed by atoms with van der Waals surface area (Å²) in [6, 6.07) is 8.47. The molecule has 184 valence electrons. The fourth-order valence-corrected chi connectivity index (χ4v) is 4.51. The van der Waals surface area contributed by atoms with E-state index in [1.807, 2.05) is 30.3 Å². The number of ether oxygens (including phenoxy) is 3. The Hall–Kier alpha value is -2.17. The average molecular weight is 484 g/mol. The van der Waals surface area contributed by atoms with E-state index in [-0.39, 0.29) is 24.7 Å². The Bertz CT molecular complexity index is 943. The number of nitrogens with zero attached hydrogens (tertiary/aromatic N) is 1. The van der Waals surface area contributed by atoms with Crippen LogP contribution in [0.25, 0.3) is 0 Å². The lowest BCUT2D eigenvalue weighted by Crippen LogP contribution is -2.46. The molecule has 3 atom stereocenters. The molecule has 1 aliphatic heterocycles. The van der Waals surface area contributed by atoms with Crippen molar-refractivity contribution in [3.05, 3.63) is 35.9 Å². The van der Waals surface area contributed by atoms with Crippen LogP contribution in [0.2, 0.25) is 0 Å². The maximum atomic E-state index is 12.9. The molecule has 1 heterocycles. The molecular weight excluding hydrogens is 450 g/mol. The van der Waals surface area contributed by atoms with E-state index < -0.39 is 33.8 Å². The molecule has 2 fully saturated rings. The van der Waals surface area contributed by atoms with Crippen molar-refractivity contribution >= 4 is 22.2 Å². The molecule has 0 aromatic heterocycles. The number of benzene rings is 1. The predicted octanol–water partition coefficient (Wildman–Crippen LogP) is 2.88. The molecule has 0 unspecified atom stereocenters. The molecule has 0 bridgehead atoms. The summed E-state index contributed by atoms with van der Waals surface area (Å²) in [6.45, 7) is 6.21. The largest absolute Gasteiger partial charge is 0.459 e. The van der Waals surface area contributed by atoms with E-state index in [4.69, 9.17) is 18.4 Å². The normalized spacial score (nSPS) is 24.3. The number of esters is 1. The summed E-state index contributed by atoms with van der Waals surface area (Å²) >= 11 is 0. The maximum Gasteiger partial charge on any atom is 0.411 e. The zero-order valence-electron chi connectivity index (χ0n) is 19.6. The molecule has 1 saturated heterocycles. The van der Waals surface area contributed by atoms with Gasteiger partial charge in [-0.1, -0.05) is 30.3 Å². The van der Waals surface area contributed by atoms with Gasteiger partial charge in [-0.25, -0.2) is 9.59 Å². The smallest absolute Gasteiger partial charge is 0.411 e. The molecule has 33 heavy (non-hydrogen) atoms. The molecule has 3 rings (SSSR count). The second-order valence-electron chi connectivity index (χ2n) is 9.72. The van der Waals surface area contributed by atoms with Crippen LogP contribution in [-0.2, 0) is 39.9 Å². The van der Waals surface area contributed by atoms with Crippen LogP contribution >= 0.6 is 0 Å². The van der Waals surface area contributed by atoms with Gasteiger partial charge in [-0.05, 0) is 45.6 Å². The van der Waals surface area contributed by atoms with Crippen LogP contribution in [0.4, 0.5) is 4.79 Å². The first-order chi connectivity index (χ1) is 15.4. The Morgan fingerprint density at radius 2 is 1.82 bits per heavy atom. The van der Waals surface area contributed by atoms with E-state index in [0.29, 0.717) is 32.5 Å². The summed E-state index contributed by atoms with van der Waals surface area (Å²) < 4.78 is 43.6. The summed E-state index contributed by atoms with van der Waals surface area (Å²) in [5.41, 5.74) is -0.149. The quantitative estimate of drug-likeness (QED) is 0.284. The number of hydrogen-bond donors (Lipinski definition) is 0. The first-order valence-electron chi connectivity index (χ1n) is 11.0. The van der Waals surface area contributed by atoms with Crippen LogP contribution in [0.5, 0.6) is 0 Å². The lowest BCUT2D eigenvalue weighted by Gasteiger charge is -2.29. The third kappa shape index (κ3) is 7.15. The average Bonchev–Trinajstić information content (AvgIpc) is 3.31. The number of amides is 1. The highest BCUT2D eigenvalue weighted by Crippen LogP contribution is 2.60. The number of carbonyl (C=O) groups excluding carboxylic acids is 2. The summed E-state index contributed by atoms with van der Waals surface area (Å²) in [6.07, 6.45) is 2.04. The molecule has 1 aliphatic carbocycles. The van der Waals surface area contributed by atoms with E-state index in [1.165, 1.54) is 4.90 Å². The first-order valence-corrected chi connectivity index (χ1v) is 12.9. The van der Waals surface area contributed by atoms with Crippen LogP contribution in [0.1, 0.15) is 45.6 Å². The van der Waals surface area contributed by atoms with Gasteiger partial charge in [-0.3, -0.25) is 9.08 Å². The minimum absolute atomic E-state index is 0.0493. The van der Waals surface area contributed by atoms with Gasteiger partial charge in [0.05, 0.1) is 19.5 Å². The zero-order valence-corrected chi connectivity index (χ0v) is 20.4. The lowest BCUT2D eigenvalue weighted by molar-refractivity contribution is -0.150. The Morgan fingerprint density at radius 3 is 2.45 bits per heavy atom. The van der Waals surface area contributed by atoms with Gasteiger partial charge in [0.25, 0.3) is 10.1 Å². The Kier molecular flexibility index (Phi) is 7.70. The molecule has 1 aromatic carbocycles. The van der Waals surface area contributed by atoms with Crippen LogP contribution in [0.3, 0.4) is 0 Å². The van der Waals surface area contributed by atoms with Gasteiger partial charge in [-0.15, -0.1) is 0 Å². The number of carbonyl (C=O) groups is 2. The van der Waals surface area contributed by atoms with Crippen molar-refractivity contribution in [2.75, 3.05) is 26.1 Å². The molecular formula is C23H33NO8S. The van der Waals surface area contributed by atoms with E-state index in [2.05, 4.69) is 0 Å². The number of piperidine rings is 1. The molecule has 2 aliphatic rings. The number of hydrogen-bond acceptors (Lipinski definition) is 8. The summed E-state index contributed by atoms with van der Waals surface area (Å²) in [5.74, 6) is -0.460. The fourth-order valence-electron chi connectivity index (χ4n) is 4.09. The van der Waals surface area contributed by atoms with Gasteiger partial charge in [0.1, 0.15) is 18.2 Å². The maximum absolute atomic E-state index is 12.9. The van der Waals surface area contributed by atoms with Crippen molar-refractivity contribution in [2.24, 2.45) is 5.41 Å². The van der Waals surface area contributed by atoms with E-state index in [9.17, 15) is 18.0 Å². The Morgan fingerprint density at radius 1 is 1.12 bits per heavy atom. The highest BCUT2D eigenvalue weighted by atomic mass is 32.2. The number of rotatable bonds is 10. The second-order valence-corrected chi connectivity index (χ2v) is 11.4. The van der Waals surface area contributed by atoms with Gasteiger partial charge >= 0.3 is 12.1 Å². The Labute approximate surface area is 195 Å². The Balaban J connectivity index is 1.59. The molecule has 1 saturated carbocycles. The molecule has 0 radical (unpaired) electrons. The topological polar surface area (TPSA) is 108 Å². The van der Waals surface area contributed by atoms with Gasteiger partial charge in [0, 0.05) is 18.1 Å². The van der Waals surface area contributed by atoms with Gasteiger partial charge in [0.2, 0.25) is 0 Å². The molecule has 1 amide bonds. The van der Waals surface area contributed by atoms with E-state index in [1.54, 1.807) is 20.8 Å². The van der Waals surface area contributed by atoms with Crippen LogP contribution in [0, 0.1) is 5.41 Å². The molecule has 0 spiro atoms. The van der Waals surface area contributed by atoms with E-state index >= 15 is 0 Å². The highest BCUT2D eigenvalue weighted by molar-refractivity contribution is 7.85. The standard InChI is InChI=1S/C23H33NO8S/c1-22(2,3)32-21(26)24-18(20(25)30-15-17-9-6-5-7-10-17)13-23(14-19(23)24)16-29-11-8-12-31-33(4,27)28/h5-7,9-10,18-19H,8,11-16H2,1-4H3/t18-,19-,23+/m0/s1.